The number of ether oxygens (including phenoxy) is 2. The lowest BCUT2D eigenvalue weighted by Crippen LogP contribution is -2.44. The molecule has 194 valence electrons. The van der Waals surface area contributed by atoms with Crippen molar-refractivity contribution in [2.45, 2.75) is 64.0 Å². The van der Waals surface area contributed by atoms with Gasteiger partial charge in [0, 0.05) is 25.0 Å². The average molecular weight is 493 g/mol. The summed E-state index contributed by atoms with van der Waals surface area (Å²) < 4.78 is 10.6. The smallest absolute Gasteiger partial charge is 0.410 e. The monoisotopic (exact) mass is 492 g/mol. The third-order valence-electron chi connectivity index (χ3n) is 7.27. The molecule has 1 amide bonds. The number of piperidine rings is 1. The number of carbonyl (C=O) groups excluding carboxylic acids is 2. The summed E-state index contributed by atoms with van der Waals surface area (Å²) in [7, 11) is 1.40. The molecule has 2 aliphatic rings. The number of benzene rings is 2. The van der Waals surface area contributed by atoms with Crippen LogP contribution in [0.1, 0.15) is 67.4 Å². The Labute approximate surface area is 215 Å². The molecule has 36 heavy (non-hydrogen) atoms. The van der Waals surface area contributed by atoms with E-state index in [-0.39, 0.29) is 18.1 Å². The third-order valence-corrected chi connectivity index (χ3v) is 7.27. The molecule has 4 rings (SSSR count). The number of amides is 1. The van der Waals surface area contributed by atoms with Crippen molar-refractivity contribution in [2.24, 2.45) is 5.92 Å². The molecule has 0 N–H and O–H groups in total. The molecule has 2 unspecified atom stereocenters. The number of carbonyl (C=O) groups is 2. The average Bonchev–Trinajstić information content (AvgIpc) is 3.66. The van der Waals surface area contributed by atoms with Crippen LogP contribution in [-0.4, -0.2) is 66.8 Å². The Balaban J connectivity index is 1.28. The van der Waals surface area contributed by atoms with E-state index in [9.17, 15) is 9.59 Å². The number of hydrogen-bond acceptors (Lipinski definition) is 5. The maximum Gasteiger partial charge on any atom is 0.410 e. The number of methoxy groups -OCH3 is 1. The highest BCUT2D eigenvalue weighted by molar-refractivity contribution is 5.89. The van der Waals surface area contributed by atoms with Gasteiger partial charge in [-0.2, -0.15) is 0 Å². The lowest BCUT2D eigenvalue weighted by Gasteiger charge is -2.36. The summed E-state index contributed by atoms with van der Waals surface area (Å²) in [6.45, 7) is 9.66. The van der Waals surface area contributed by atoms with Gasteiger partial charge in [0.1, 0.15) is 5.60 Å². The highest BCUT2D eigenvalue weighted by Gasteiger charge is 2.46. The van der Waals surface area contributed by atoms with Gasteiger partial charge >= 0.3 is 12.1 Å². The van der Waals surface area contributed by atoms with Crippen molar-refractivity contribution in [3.05, 3.63) is 71.3 Å². The molecule has 0 radical (unpaired) electrons. The van der Waals surface area contributed by atoms with Gasteiger partial charge in [-0.3, -0.25) is 0 Å². The van der Waals surface area contributed by atoms with Crippen molar-refractivity contribution >= 4 is 12.1 Å². The minimum absolute atomic E-state index is 0.177. The van der Waals surface area contributed by atoms with Gasteiger partial charge in [-0.25, -0.2) is 9.59 Å². The van der Waals surface area contributed by atoms with Crippen LogP contribution in [0.5, 0.6) is 0 Å². The quantitative estimate of drug-likeness (QED) is 0.454. The Morgan fingerprint density at radius 1 is 1.00 bits per heavy atom. The Morgan fingerprint density at radius 3 is 2.28 bits per heavy atom. The molecule has 0 aromatic heterocycles. The van der Waals surface area contributed by atoms with Crippen LogP contribution in [0.4, 0.5) is 4.79 Å². The second-order valence-electron chi connectivity index (χ2n) is 11.2. The first-order valence-electron chi connectivity index (χ1n) is 13.2. The predicted octanol–water partition coefficient (Wildman–Crippen LogP) is 5.52. The lowest BCUT2D eigenvalue weighted by molar-refractivity contribution is 0.0171. The minimum atomic E-state index is -0.495. The van der Waals surface area contributed by atoms with Crippen LogP contribution < -0.4 is 0 Å². The molecule has 2 fully saturated rings. The third kappa shape index (κ3) is 7.10. The molecule has 0 bridgehead atoms. The maximum atomic E-state index is 13.2. The summed E-state index contributed by atoms with van der Waals surface area (Å²) in [5.41, 5.74) is 2.62. The fourth-order valence-corrected chi connectivity index (χ4v) is 5.13. The fourth-order valence-electron chi connectivity index (χ4n) is 5.13. The van der Waals surface area contributed by atoms with E-state index in [0.29, 0.717) is 17.4 Å². The Bertz CT molecular complexity index is 1010. The summed E-state index contributed by atoms with van der Waals surface area (Å²) in [6.07, 6.45) is 3.96. The minimum Gasteiger partial charge on any atom is -0.465 e. The van der Waals surface area contributed by atoms with Gasteiger partial charge in [0.15, 0.2) is 0 Å². The van der Waals surface area contributed by atoms with Crippen LogP contribution in [0.2, 0.25) is 0 Å². The van der Waals surface area contributed by atoms with E-state index in [2.05, 4.69) is 29.2 Å². The predicted molar refractivity (Wildman–Crippen MR) is 141 cm³/mol. The van der Waals surface area contributed by atoms with Crippen LogP contribution in [-0.2, 0) is 15.9 Å². The molecule has 2 atom stereocenters. The number of hydrogen-bond donors (Lipinski definition) is 0. The molecule has 2 aromatic carbocycles. The summed E-state index contributed by atoms with van der Waals surface area (Å²) in [4.78, 5) is 29.3. The molecule has 1 aliphatic carbocycles. The first-order valence-corrected chi connectivity index (χ1v) is 13.2. The van der Waals surface area contributed by atoms with Crippen LogP contribution in [0.15, 0.2) is 54.6 Å². The zero-order chi connectivity index (χ0) is 25.7. The SMILES string of the molecule is COC(=O)c1ccc(CCN2CCC(CN(C(=O)OC(C)(C)C)C3CC3c3ccccc3)CC2)cc1. The lowest BCUT2D eigenvalue weighted by atomic mass is 9.95. The zero-order valence-corrected chi connectivity index (χ0v) is 22.1. The van der Waals surface area contributed by atoms with E-state index in [0.717, 1.165) is 51.9 Å². The van der Waals surface area contributed by atoms with E-state index in [1.165, 1.54) is 18.2 Å². The molecule has 1 saturated carbocycles. The van der Waals surface area contributed by atoms with Crippen molar-refractivity contribution in [2.75, 3.05) is 33.3 Å². The van der Waals surface area contributed by atoms with Crippen molar-refractivity contribution in [1.82, 2.24) is 9.80 Å². The van der Waals surface area contributed by atoms with Crippen LogP contribution in [0.3, 0.4) is 0 Å². The number of rotatable bonds is 8. The van der Waals surface area contributed by atoms with E-state index in [1.807, 2.05) is 56.0 Å². The highest BCUT2D eigenvalue weighted by atomic mass is 16.6. The summed E-state index contributed by atoms with van der Waals surface area (Å²) in [5.74, 6) is 0.597. The topological polar surface area (TPSA) is 59.1 Å². The molecule has 0 spiro atoms. The molecule has 2 aromatic rings. The Kier molecular flexibility index (Phi) is 8.35. The number of likely N-dealkylation sites (tertiary alicyclic amines) is 1. The van der Waals surface area contributed by atoms with E-state index in [4.69, 9.17) is 9.47 Å². The normalized spacial score (nSPS) is 20.6. The van der Waals surface area contributed by atoms with Gasteiger partial charge in [0.25, 0.3) is 0 Å². The maximum absolute atomic E-state index is 13.2. The first kappa shape index (κ1) is 26.2. The molecule has 6 heteroatoms. The van der Waals surface area contributed by atoms with Crippen molar-refractivity contribution < 1.29 is 19.1 Å². The highest BCUT2D eigenvalue weighted by Crippen LogP contribution is 2.45. The fraction of sp³-hybridized carbons (Fsp3) is 0.533. The van der Waals surface area contributed by atoms with Gasteiger partial charge in [-0.1, -0.05) is 42.5 Å². The second kappa shape index (κ2) is 11.5. The molecular weight excluding hydrogens is 452 g/mol. The van der Waals surface area contributed by atoms with Crippen molar-refractivity contribution in [1.29, 1.82) is 0 Å². The van der Waals surface area contributed by atoms with Crippen LogP contribution in [0, 0.1) is 5.92 Å². The molecule has 1 heterocycles. The van der Waals surface area contributed by atoms with Crippen molar-refractivity contribution in [3.8, 4) is 0 Å². The van der Waals surface area contributed by atoms with Gasteiger partial charge in [-0.15, -0.1) is 0 Å². The van der Waals surface area contributed by atoms with Crippen LogP contribution >= 0.6 is 0 Å². The van der Waals surface area contributed by atoms with Gasteiger partial charge in [-0.05, 0) is 88.7 Å². The van der Waals surface area contributed by atoms with Gasteiger partial charge in [0.05, 0.1) is 12.7 Å². The standard InChI is InChI=1S/C30H40N2O4/c1-30(2,3)36-29(34)32(27-20-26(27)24-8-6-5-7-9-24)21-23-15-18-31(19-16-23)17-14-22-10-12-25(13-11-22)28(33)35-4/h5-13,23,26-27H,14-21H2,1-4H3. The first-order chi connectivity index (χ1) is 17.2. The van der Waals surface area contributed by atoms with Crippen molar-refractivity contribution in [3.63, 3.8) is 0 Å². The van der Waals surface area contributed by atoms with Gasteiger partial charge < -0.3 is 19.3 Å². The Morgan fingerprint density at radius 2 is 1.67 bits per heavy atom. The summed E-state index contributed by atoms with van der Waals surface area (Å²) in [6, 6.07) is 18.4. The van der Waals surface area contributed by atoms with E-state index in [1.54, 1.807) is 0 Å². The molecule has 6 nitrogen and oxygen atoms in total. The largest absolute Gasteiger partial charge is 0.465 e. The summed E-state index contributed by atoms with van der Waals surface area (Å²) >= 11 is 0. The molecule has 1 saturated heterocycles. The van der Waals surface area contributed by atoms with Gasteiger partial charge in [0.2, 0.25) is 0 Å². The molecular formula is C30H40N2O4. The number of esters is 1. The van der Waals surface area contributed by atoms with E-state index >= 15 is 0 Å². The Hall–Kier alpha value is -2.86. The van der Waals surface area contributed by atoms with E-state index < -0.39 is 5.60 Å². The summed E-state index contributed by atoms with van der Waals surface area (Å²) in [5, 5.41) is 0. The number of nitrogens with zero attached hydrogens (tertiary/aromatic N) is 2. The second-order valence-corrected chi connectivity index (χ2v) is 11.2. The zero-order valence-electron chi connectivity index (χ0n) is 22.1. The molecule has 1 aliphatic heterocycles. The van der Waals surface area contributed by atoms with Crippen LogP contribution in [0.25, 0.3) is 0 Å².